The molecular weight excluding hydrogens is 398 g/mol. The van der Waals surface area contributed by atoms with Crippen LogP contribution in [-0.4, -0.2) is 28.4 Å². The van der Waals surface area contributed by atoms with E-state index in [-0.39, 0.29) is 24.5 Å². The van der Waals surface area contributed by atoms with Gasteiger partial charge in [0.25, 0.3) is 0 Å². The van der Waals surface area contributed by atoms with Gasteiger partial charge in [-0.3, -0.25) is 9.59 Å². The molecule has 0 aliphatic rings. The number of Topliss-reactive ketones (excluding diaryl/α,β-unsaturated/α-hetero) is 1. The van der Waals surface area contributed by atoms with Gasteiger partial charge >= 0.3 is 0 Å². The maximum absolute atomic E-state index is 12.6. The van der Waals surface area contributed by atoms with Crippen molar-refractivity contribution in [2.24, 2.45) is 7.05 Å². The Hall–Kier alpha value is -2.64. The zero-order valence-electron chi connectivity index (χ0n) is 15.5. The number of carbonyl (C=O) groups excluding carboxylic acids is 2. The Morgan fingerprint density at radius 1 is 1.25 bits per heavy atom. The van der Waals surface area contributed by atoms with E-state index in [9.17, 15) is 9.59 Å². The average molecular weight is 418 g/mol. The highest BCUT2D eigenvalue weighted by molar-refractivity contribution is 7.18. The number of ether oxygens (including phenoxy) is 1. The second-order valence-electron chi connectivity index (χ2n) is 6.17. The third kappa shape index (κ3) is 4.61. The summed E-state index contributed by atoms with van der Waals surface area (Å²) < 4.78 is 7.85. The second-order valence-corrected chi connectivity index (χ2v) is 7.88. The number of hydrogen-bond donors (Lipinski definition) is 1. The van der Waals surface area contributed by atoms with E-state index >= 15 is 0 Å². The molecule has 1 amide bonds. The topological polar surface area (TPSA) is 73.2 Å². The van der Waals surface area contributed by atoms with Crippen LogP contribution in [0.3, 0.4) is 0 Å². The van der Waals surface area contributed by atoms with E-state index in [2.05, 4.69) is 10.3 Å². The van der Waals surface area contributed by atoms with Crippen molar-refractivity contribution < 1.29 is 14.3 Å². The fourth-order valence-electron chi connectivity index (χ4n) is 2.89. The van der Waals surface area contributed by atoms with E-state index in [1.165, 1.54) is 11.3 Å². The van der Waals surface area contributed by atoms with Gasteiger partial charge in [-0.1, -0.05) is 29.8 Å². The van der Waals surface area contributed by atoms with E-state index in [1.54, 1.807) is 25.4 Å². The molecule has 8 heteroatoms. The van der Waals surface area contributed by atoms with Gasteiger partial charge in [0, 0.05) is 37.8 Å². The second kappa shape index (κ2) is 9.03. The van der Waals surface area contributed by atoms with Gasteiger partial charge in [-0.05, 0) is 18.2 Å². The highest BCUT2D eigenvalue weighted by Gasteiger charge is 2.24. The third-order valence-electron chi connectivity index (χ3n) is 4.30. The molecule has 0 spiro atoms. The van der Waals surface area contributed by atoms with Crippen LogP contribution < -0.4 is 10.1 Å². The van der Waals surface area contributed by atoms with Gasteiger partial charge in [-0.25, -0.2) is 4.98 Å². The van der Waals surface area contributed by atoms with Gasteiger partial charge in [-0.2, -0.15) is 0 Å². The number of halogens is 1. The lowest BCUT2D eigenvalue weighted by Crippen LogP contribution is -2.31. The summed E-state index contributed by atoms with van der Waals surface area (Å²) in [6.07, 6.45) is 3.67. The lowest BCUT2D eigenvalue weighted by atomic mass is 10.0. The van der Waals surface area contributed by atoms with Crippen molar-refractivity contribution in [1.82, 2.24) is 14.9 Å². The minimum atomic E-state index is -0.491. The fourth-order valence-corrected chi connectivity index (χ4v) is 3.90. The molecule has 6 nitrogen and oxygen atoms in total. The number of carbonyl (C=O) groups is 2. The Labute approximate surface area is 172 Å². The van der Waals surface area contributed by atoms with Gasteiger partial charge in [0.2, 0.25) is 5.91 Å². The zero-order valence-corrected chi connectivity index (χ0v) is 17.1. The smallest absolute Gasteiger partial charge is 0.221 e. The van der Waals surface area contributed by atoms with Crippen LogP contribution >= 0.6 is 22.9 Å². The summed E-state index contributed by atoms with van der Waals surface area (Å²) >= 11 is 7.09. The van der Waals surface area contributed by atoms with E-state index in [4.69, 9.17) is 16.3 Å². The number of thiophene rings is 1. The molecule has 28 heavy (non-hydrogen) atoms. The maximum Gasteiger partial charge on any atom is 0.221 e. The van der Waals surface area contributed by atoms with Crippen molar-refractivity contribution in [3.63, 3.8) is 0 Å². The quantitative estimate of drug-likeness (QED) is 0.562. The van der Waals surface area contributed by atoms with Crippen LogP contribution in [0.1, 0.15) is 39.9 Å². The summed E-state index contributed by atoms with van der Waals surface area (Å²) in [6.45, 7) is 0. The summed E-state index contributed by atoms with van der Waals surface area (Å²) in [7, 11) is 3.45. The standard InChI is InChI=1S/C20H20ClN3O3S/c1-24-12-11-22-20(24)19(13-5-3-4-6-15(13)27-2)23-18(26)10-7-14(25)16-8-9-17(21)28-16/h3-6,8-9,11-12,19H,7,10H2,1-2H3,(H,23,26). The lowest BCUT2D eigenvalue weighted by Gasteiger charge is -2.21. The highest BCUT2D eigenvalue weighted by Crippen LogP contribution is 2.29. The average Bonchev–Trinajstić information content (AvgIpc) is 3.32. The first-order valence-electron chi connectivity index (χ1n) is 8.67. The molecule has 2 aromatic heterocycles. The molecule has 1 aromatic carbocycles. The number of nitrogens with one attached hydrogen (secondary N) is 1. The zero-order chi connectivity index (χ0) is 20.1. The molecular formula is C20H20ClN3O3S. The van der Waals surface area contributed by atoms with Gasteiger partial charge in [0.1, 0.15) is 17.6 Å². The van der Waals surface area contributed by atoms with Crippen LogP contribution in [0.15, 0.2) is 48.8 Å². The number of methoxy groups -OCH3 is 1. The fraction of sp³-hybridized carbons (Fsp3) is 0.250. The minimum Gasteiger partial charge on any atom is -0.496 e. The molecule has 1 unspecified atom stereocenters. The van der Waals surface area contributed by atoms with Crippen LogP contribution in [0.2, 0.25) is 4.34 Å². The number of ketones is 1. The molecule has 0 aliphatic heterocycles. The molecule has 1 atom stereocenters. The lowest BCUT2D eigenvalue weighted by molar-refractivity contribution is -0.121. The molecule has 2 heterocycles. The molecule has 0 aliphatic carbocycles. The van der Waals surface area contributed by atoms with Crippen molar-refractivity contribution >= 4 is 34.6 Å². The molecule has 0 saturated carbocycles. The Kier molecular flexibility index (Phi) is 6.49. The van der Waals surface area contributed by atoms with Crippen molar-refractivity contribution in [1.29, 1.82) is 0 Å². The molecule has 0 saturated heterocycles. The van der Waals surface area contributed by atoms with Crippen LogP contribution in [0.5, 0.6) is 5.75 Å². The van der Waals surface area contributed by atoms with Crippen LogP contribution in [0.25, 0.3) is 0 Å². The number of rotatable bonds is 8. The number of aromatic nitrogens is 2. The molecule has 0 fully saturated rings. The third-order valence-corrected chi connectivity index (χ3v) is 5.57. The monoisotopic (exact) mass is 417 g/mol. The summed E-state index contributed by atoms with van der Waals surface area (Å²) in [5, 5.41) is 2.99. The number of imidazole rings is 1. The van der Waals surface area contributed by atoms with E-state index < -0.39 is 6.04 Å². The summed E-state index contributed by atoms with van der Waals surface area (Å²) in [5.74, 6) is 0.988. The number of para-hydroxylation sites is 1. The summed E-state index contributed by atoms with van der Waals surface area (Å²) in [4.78, 5) is 29.8. The molecule has 3 rings (SSSR count). The number of hydrogen-bond acceptors (Lipinski definition) is 5. The molecule has 3 aromatic rings. The number of nitrogens with zero attached hydrogens (tertiary/aromatic N) is 2. The van der Waals surface area contributed by atoms with Gasteiger partial charge in [0.05, 0.1) is 16.3 Å². The minimum absolute atomic E-state index is 0.0738. The number of amides is 1. The first kappa shape index (κ1) is 20.1. The molecule has 0 bridgehead atoms. The number of benzene rings is 1. The Morgan fingerprint density at radius 3 is 2.68 bits per heavy atom. The normalized spacial score (nSPS) is 11.8. The summed E-state index contributed by atoms with van der Waals surface area (Å²) in [5.41, 5.74) is 0.795. The van der Waals surface area contributed by atoms with Gasteiger partial charge in [0.15, 0.2) is 5.78 Å². The van der Waals surface area contributed by atoms with E-state index in [1.807, 2.05) is 42.1 Å². The largest absolute Gasteiger partial charge is 0.496 e. The van der Waals surface area contributed by atoms with Crippen LogP contribution in [-0.2, 0) is 11.8 Å². The molecule has 0 radical (unpaired) electrons. The van der Waals surface area contributed by atoms with E-state index in [0.717, 1.165) is 5.56 Å². The van der Waals surface area contributed by atoms with Gasteiger partial charge < -0.3 is 14.6 Å². The van der Waals surface area contributed by atoms with Crippen LogP contribution in [0, 0.1) is 0 Å². The van der Waals surface area contributed by atoms with Crippen molar-refractivity contribution in [2.75, 3.05) is 7.11 Å². The Bertz CT molecular complexity index is 982. The van der Waals surface area contributed by atoms with E-state index in [0.29, 0.717) is 20.8 Å². The summed E-state index contributed by atoms with van der Waals surface area (Å²) in [6, 6.07) is 10.3. The first-order chi connectivity index (χ1) is 13.5. The predicted molar refractivity (Wildman–Crippen MR) is 109 cm³/mol. The van der Waals surface area contributed by atoms with Gasteiger partial charge in [-0.15, -0.1) is 11.3 Å². The maximum atomic E-state index is 12.6. The Morgan fingerprint density at radius 2 is 2.04 bits per heavy atom. The molecule has 1 N–H and O–H groups in total. The first-order valence-corrected chi connectivity index (χ1v) is 9.87. The van der Waals surface area contributed by atoms with Crippen molar-refractivity contribution in [3.05, 3.63) is 69.4 Å². The van der Waals surface area contributed by atoms with Crippen molar-refractivity contribution in [2.45, 2.75) is 18.9 Å². The number of aryl methyl sites for hydroxylation is 1. The van der Waals surface area contributed by atoms with Crippen LogP contribution in [0.4, 0.5) is 0 Å². The molecule has 146 valence electrons. The van der Waals surface area contributed by atoms with Crippen molar-refractivity contribution in [3.8, 4) is 5.75 Å². The SMILES string of the molecule is COc1ccccc1C(NC(=O)CCC(=O)c1ccc(Cl)s1)c1nccn1C. The predicted octanol–water partition coefficient (Wildman–Crippen LogP) is 4.01. The highest BCUT2D eigenvalue weighted by atomic mass is 35.5. The Balaban J connectivity index is 1.75.